The minimum atomic E-state index is -0.628. The first-order valence-corrected chi connectivity index (χ1v) is 6.60. The third-order valence-corrected chi connectivity index (χ3v) is 3.64. The summed E-state index contributed by atoms with van der Waals surface area (Å²) in [4.78, 5) is 20.9. The number of carbonyl (C=O) groups is 1. The van der Waals surface area contributed by atoms with Gasteiger partial charge in [0.05, 0.1) is 5.41 Å². The Morgan fingerprint density at radius 1 is 1.05 bits per heavy atom. The lowest BCUT2D eigenvalue weighted by Gasteiger charge is -2.31. The molecule has 2 aromatic rings. The number of ketones is 1. The molecule has 0 aliphatic rings. The number of hydrogen-bond acceptors (Lipinski definition) is 3. The van der Waals surface area contributed by atoms with Crippen LogP contribution < -0.4 is 0 Å². The number of rotatable bonds is 5. The summed E-state index contributed by atoms with van der Waals surface area (Å²) in [6.07, 6.45) is 8.22. The molecule has 2 aromatic heterocycles. The largest absolute Gasteiger partial charge is 0.298 e. The smallest absolute Gasteiger partial charge is 0.147 e. The molecule has 19 heavy (non-hydrogen) atoms. The lowest BCUT2D eigenvalue weighted by atomic mass is 9.69. The van der Waals surface area contributed by atoms with Gasteiger partial charge >= 0.3 is 0 Å². The molecule has 0 saturated carbocycles. The van der Waals surface area contributed by atoms with Crippen molar-refractivity contribution in [1.82, 2.24) is 9.97 Å². The summed E-state index contributed by atoms with van der Waals surface area (Å²) in [6.45, 7) is 3.94. The van der Waals surface area contributed by atoms with E-state index in [0.29, 0.717) is 12.8 Å². The fourth-order valence-corrected chi connectivity index (χ4v) is 2.63. The molecule has 0 saturated heterocycles. The molecule has 0 atom stereocenters. The van der Waals surface area contributed by atoms with Gasteiger partial charge in [0.1, 0.15) is 5.78 Å². The van der Waals surface area contributed by atoms with Crippen LogP contribution in [0.3, 0.4) is 0 Å². The van der Waals surface area contributed by atoms with E-state index >= 15 is 0 Å². The van der Waals surface area contributed by atoms with E-state index in [2.05, 4.69) is 9.97 Å². The Balaban J connectivity index is 2.66. The van der Waals surface area contributed by atoms with Crippen LogP contribution in [0.2, 0.25) is 0 Å². The fraction of sp³-hybridized carbons (Fsp3) is 0.312. The van der Waals surface area contributed by atoms with Gasteiger partial charge in [0.15, 0.2) is 0 Å². The van der Waals surface area contributed by atoms with E-state index < -0.39 is 5.41 Å². The molecule has 3 nitrogen and oxygen atoms in total. The Labute approximate surface area is 113 Å². The minimum absolute atomic E-state index is 0.205. The van der Waals surface area contributed by atoms with Crippen molar-refractivity contribution in [2.24, 2.45) is 0 Å². The Kier molecular flexibility index (Phi) is 4.05. The highest BCUT2D eigenvalue weighted by atomic mass is 16.1. The summed E-state index contributed by atoms with van der Waals surface area (Å²) in [7, 11) is 0. The first-order valence-electron chi connectivity index (χ1n) is 6.60. The zero-order valence-electron chi connectivity index (χ0n) is 11.3. The normalized spacial score (nSPS) is 11.3. The quantitative estimate of drug-likeness (QED) is 0.823. The van der Waals surface area contributed by atoms with Crippen LogP contribution in [0.25, 0.3) is 0 Å². The van der Waals surface area contributed by atoms with Crippen molar-refractivity contribution in [2.75, 3.05) is 0 Å². The molecule has 0 aromatic carbocycles. The topological polar surface area (TPSA) is 42.9 Å². The standard InChI is InChI=1S/C16H18N2O/c1-3-15(19)16(4-2,13-7-5-9-17-11-13)14-8-6-10-18-12-14/h5-12H,3-4H2,1-2H3. The first-order chi connectivity index (χ1) is 9.25. The van der Waals surface area contributed by atoms with Crippen LogP contribution in [0.4, 0.5) is 0 Å². The first kappa shape index (κ1) is 13.4. The maximum Gasteiger partial charge on any atom is 0.147 e. The molecule has 3 heteroatoms. The Morgan fingerprint density at radius 3 is 1.89 bits per heavy atom. The van der Waals surface area contributed by atoms with Crippen molar-refractivity contribution in [3.8, 4) is 0 Å². The summed E-state index contributed by atoms with van der Waals surface area (Å²) in [6, 6.07) is 7.69. The molecule has 0 unspecified atom stereocenters. The Bertz CT molecular complexity index is 498. The molecule has 2 rings (SSSR count). The molecule has 0 radical (unpaired) electrons. The predicted molar refractivity (Wildman–Crippen MR) is 74.8 cm³/mol. The highest BCUT2D eigenvalue weighted by Gasteiger charge is 2.39. The average Bonchev–Trinajstić information content (AvgIpc) is 2.50. The predicted octanol–water partition coefficient (Wildman–Crippen LogP) is 3.15. The monoisotopic (exact) mass is 254 g/mol. The SMILES string of the molecule is CCC(=O)C(CC)(c1cccnc1)c1cccnc1. The highest BCUT2D eigenvalue weighted by Crippen LogP contribution is 2.36. The maximum atomic E-state index is 12.6. The van der Waals surface area contributed by atoms with E-state index in [0.717, 1.165) is 11.1 Å². The van der Waals surface area contributed by atoms with Gasteiger partial charge in [0, 0.05) is 31.2 Å². The van der Waals surface area contributed by atoms with Gasteiger partial charge in [0.2, 0.25) is 0 Å². The highest BCUT2D eigenvalue weighted by molar-refractivity contribution is 5.93. The van der Waals surface area contributed by atoms with Crippen LogP contribution in [0, 0.1) is 0 Å². The van der Waals surface area contributed by atoms with Gasteiger partial charge in [-0.1, -0.05) is 26.0 Å². The van der Waals surface area contributed by atoms with Crippen molar-refractivity contribution in [1.29, 1.82) is 0 Å². The molecule has 0 amide bonds. The third kappa shape index (κ3) is 2.28. The Hall–Kier alpha value is -2.03. The van der Waals surface area contributed by atoms with E-state index in [1.54, 1.807) is 24.8 Å². The number of carbonyl (C=O) groups excluding carboxylic acids is 1. The van der Waals surface area contributed by atoms with Gasteiger partial charge in [0.25, 0.3) is 0 Å². The molecule has 0 aliphatic heterocycles. The number of pyridine rings is 2. The lowest BCUT2D eigenvalue weighted by Crippen LogP contribution is -2.36. The molecule has 0 spiro atoms. The van der Waals surface area contributed by atoms with Crippen molar-refractivity contribution in [3.63, 3.8) is 0 Å². The summed E-state index contributed by atoms with van der Waals surface area (Å²) in [5, 5.41) is 0. The average molecular weight is 254 g/mol. The second-order valence-electron chi connectivity index (χ2n) is 4.52. The number of Topliss-reactive ketones (excluding diaryl/α,β-unsaturated/α-hetero) is 1. The number of aromatic nitrogens is 2. The molecule has 98 valence electrons. The van der Waals surface area contributed by atoms with Crippen LogP contribution in [0.5, 0.6) is 0 Å². The van der Waals surface area contributed by atoms with Crippen LogP contribution in [0.1, 0.15) is 37.8 Å². The molecule has 2 heterocycles. The van der Waals surface area contributed by atoms with Crippen LogP contribution >= 0.6 is 0 Å². The summed E-state index contributed by atoms with van der Waals surface area (Å²) in [5.74, 6) is 0.205. The van der Waals surface area contributed by atoms with Crippen molar-refractivity contribution in [3.05, 3.63) is 60.2 Å². The van der Waals surface area contributed by atoms with Gasteiger partial charge in [-0.2, -0.15) is 0 Å². The Morgan fingerprint density at radius 2 is 1.58 bits per heavy atom. The molecular formula is C16H18N2O. The van der Waals surface area contributed by atoms with Crippen molar-refractivity contribution >= 4 is 5.78 Å². The van der Waals surface area contributed by atoms with Crippen molar-refractivity contribution < 1.29 is 4.79 Å². The zero-order chi connectivity index (χ0) is 13.7. The summed E-state index contributed by atoms with van der Waals surface area (Å²) >= 11 is 0. The van der Waals surface area contributed by atoms with Crippen molar-refractivity contribution in [2.45, 2.75) is 32.1 Å². The lowest BCUT2D eigenvalue weighted by molar-refractivity contribution is -0.123. The van der Waals surface area contributed by atoms with Gasteiger partial charge < -0.3 is 0 Å². The molecule has 0 aliphatic carbocycles. The number of hydrogen-bond donors (Lipinski definition) is 0. The van der Waals surface area contributed by atoms with Crippen LogP contribution in [0.15, 0.2) is 49.1 Å². The fourth-order valence-electron chi connectivity index (χ4n) is 2.63. The molecule has 0 N–H and O–H groups in total. The van der Waals surface area contributed by atoms with Crippen LogP contribution in [-0.2, 0) is 10.2 Å². The van der Waals surface area contributed by atoms with E-state index in [1.807, 2.05) is 38.1 Å². The van der Waals surface area contributed by atoms with E-state index in [9.17, 15) is 4.79 Å². The van der Waals surface area contributed by atoms with Gasteiger partial charge in [-0.25, -0.2) is 0 Å². The summed E-state index contributed by atoms with van der Waals surface area (Å²) in [5.41, 5.74) is 1.26. The zero-order valence-corrected chi connectivity index (χ0v) is 11.3. The maximum absolute atomic E-state index is 12.6. The van der Waals surface area contributed by atoms with E-state index in [1.165, 1.54) is 0 Å². The van der Waals surface area contributed by atoms with Gasteiger partial charge in [-0.15, -0.1) is 0 Å². The number of nitrogens with zero attached hydrogens (tertiary/aromatic N) is 2. The second-order valence-corrected chi connectivity index (χ2v) is 4.52. The molecule has 0 bridgehead atoms. The van der Waals surface area contributed by atoms with E-state index in [4.69, 9.17) is 0 Å². The second kappa shape index (κ2) is 5.74. The summed E-state index contributed by atoms with van der Waals surface area (Å²) < 4.78 is 0. The van der Waals surface area contributed by atoms with Gasteiger partial charge in [-0.05, 0) is 29.7 Å². The third-order valence-electron chi connectivity index (χ3n) is 3.64. The molecular weight excluding hydrogens is 236 g/mol. The van der Waals surface area contributed by atoms with Crippen LogP contribution in [-0.4, -0.2) is 15.8 Å². The van der Waals surface area contributed by atoms with Gasteiger partial charge in [-0.3, -0.25) is 14.8 Å². The molecule has 0 fully saturated rings. The van der Waals surface area contributed by atoms with E-state index in [-0.39, 0.29) is 5.78 Å². The minimum Gasteiger partial charge on any atom is -0.298 e.